The normalized spacial score (nSPS) is 10.2. The minimum absolute atomic E-state index is 0.101. The van der Waals surface area contributed by atoms with Crippen molar-refractivity contribution in [3.8, 4) is 11.5 Å². The van der Waals surface area contributed by atoms with Crippen molar-refractivity contribution in [1.82, 2.24) is 15.6 Å². The zero-order valence-electron chi connectivity index (χ0n) is 13.3. The molecule has 0 saturated heterocycles. The molecule has 23 heavy (non-hydrogen) atoms. The molecule has 2 aromatic rings. The third kappa shape index (κ3) is 4.96. The molecule has 0 radical (unpaired) electrons. The quantitative estimate of drug-likeness (QED) is 0.724. The van der Waals surface area contributed by atoms with Gasteiger partial charge in [-0.3, -0.25) is 9.78 Å². The third-order valence-electron chi connectivity index (χ3n) is 3.34. The van der Waals surface area contributed by atoms with Crippen molar-refractivity contribution >= 4 is 5.91 Å². The molecular weight excluding hydrogens is 294 g/mol. The number of hydrogen-bond donors (Lipinski definition) is 2. The molecule has 0 saturated carbocycles. The fourth-order valence-electron chi connectivity index (χ4n) is 2.09. The van der Waals surface area contributed by atoms with E-state index in [1.807, 2.05) is 18.2 Å². The van der Waals surface area contributed by atoms with E-state index in [0.717, 1.165) is 17.1 Å². The molecule has 2 N–H and O–H groups in total. The maximum atomic E-state index is 11.8. The lowest BCUT2D eigenvalue weighted by atomic mass is 10.2. The second-order valence-corrected chi connectivity index (χ2v) is 4.85. The average molecular weight is 315 g/mol. The van der Waals surface area contributed by atoms with Gasteiger partial charge in [0.1, 0.15) is 11.5 Å². The fourth-order valence-corrected chi connectivity index (χ4v) is 2.09. The summed E-state index contributed by atoms with van der Waals surface area (Å²) in [5.41, 5.74) is 1.64. The van der Waals surface area contributed by atoms with Crippen LogP contribution in [0.25, 0.3) is 0 Å². The van der Waals surface area contributed by atoms with Crippen molar-refractivity contribution in [3.05, 3.63) is 53.9 Å². The van der Waals surface area contributed by atoms with E-state index in [2.05, 4.69) is 15.6 Å². The zero-order valence-corrected chi connectivity index (χ0v) is 13.3. The van der Waals surface area contributed by atoms with Crippen molar-refractivity contribution in [3.63, 3.8) is 0 Å². The van der Waals surface area contributed by atoms with Crippen LogP contribution in [-0.2, 0) is 6.54 Å². The Balaban J connectivity index is 1.74. The van der Waals surface area contributed by atoms with Crippen molar-refractivity contribution in [2.24, 2.45) is 0 Å². The molecule has 122 valence electrons. The van der Waals surface area contributed by atoms with E-state index in [0.29, 0.717) is 25.2 Å². The molecule has 0 unspecified atom stereocenters. The number of carbonyl (C=O) groups is 1. The zero-order chi connectivity index (χ0) is 16.5. The van der Waals surface area contributed by atoms with Gasteiger partial charge < -0.3 is 20.1 Å². The first-order chi connectivity index (χ1) is 11.2. The maximum absolute atomic E-state index is 11.8. The van der Waals surface area contributed by atoms with Crippen LogP contribution in [0.5, 0.6) is 11.5 Å². The molecule has 2 rings (SSSR count). The summed E-state index contributed by atoms with van der Waals surface area (Å²) in [6.07, 6.45) is 3.20. The van der Waals surface area contributed by atoms with Crippen LogP contribution in [0.15, 0.2) is 42.7 Å². The fraction of sp³-hybridized carbons (Fsp3) is 0.294. The topological polar surface area (TPSA) is 72.5 Å². The number of nitrogens with zero attached hydrogens (tertiary/aromatic N) is 1. The summed E-state index contributed by atoms with van der Waals surface area (Å²) in [6, 6.07) is 9.07. The van der Waals surface area contributed by atoms with E-state index in [1.165, 1.54) is 0 Å². The molecule has 1 heterocycles. The predicted molar refractivity (Wildman–Crippen MR) is 87.8 cm³/mol. The summed E-state index contributed by atoms with van der Waals surface area (Å²) in [5.74, 6) is 1.43. The molecular formula is C17H21N3O3. The molecule has 1 aromatic heterocycles. The van der Waals surface area contributed by atoms with E-state index < -0.39 is 0 Å². The molecule has 0 aliphatic heterocycles. The van der Waals surface area contributed by atoms with Crippen LogP contribution < -0.4 is 20.1 Å². The van der Waals surface area contributed by atoms with Gasteiger partial charge in [-0.25, -0.2) is 0 Å². The average Bonchev–Trinajstić information content (AvgIpc) is 2.62. The molecule has 1 aromatic carbocycles. The van der Waals surface area contributed by atoms with Crippen LogP contribution in [0.3, 0.4) is 0 Å². The Morgan fingerprint density at radius 2 is 1.87 bits per heavy atom. The van der Waals surface area contributed by atoms with Crippen molar-refractivity contribution < 1.29 is 14.3 Å². The number of hydrogen-bond acceptors (Lipinski definition) is 5. The van der Waals surface area contributed by atoms with E-state index in [-0.39, 0.29) is 5.91 Å². The van der Waals surface area contributed by atoms with Gasteiger partial charge in [-0.05, 0) is 18.2 Å². The highest BCUT2D eigenvalue weighted by Gasteiger charge is 2.05. The highest BCUT2D eigenvalue weighted by molar-refractivity contribution is 5.93. The van der Waals surface area contributed by atoms with Crippen molar-refractivity contribution in [1.29, 1.82) is 0 Å². The van der Waals surface area contributed by atoms with Crippen molar-refractivity contribution in [2.45, 2.75) is 6.54 Å². The van der Waals surface area contributed by atoms with Gasteiger partial charge in [-0.2, -0.15) is 0 Å². The van der Waals surface area contributed by atoms with Gasteiger partial charge >= 0.3 is 0 Å². The molecule has 0 aliphatic rings. The van der Waals surface area contributed by atoms with Gasteiger partial charge in [-0.1, -0.05) is 6.07 Å². The molecule has 0 spiro atoms. The predicted octanol–water partition coefficient (Wildman–Crippen LogP) is 1.62. The maximum Gasteiger partial charge on any atom is 0.251 e. The monoisotopic (exact) mass is 315 g/mol. The van der Waals surface area contributed by atoms with Gasteiger partial charge in [0.05, 0.1) is 14.2 Å². The molecule has 0 bridgehead atoms. The van der Waals surface area contributed by atoms with Gasteiger partial charge in [0, 0.05) is 49.2 Å². The molecule has 0 fully saturated rings. The number of benzene rings is 1. The molecule has 6 heteroatoms. The first-order valence-corrected chi connectivity index (χ1v) is 7.34. The SMILES string of the molecule is COc1ccc(CNCCNC(=O)c2ccncc2)c(OC)c1. The highest BCUT2D eigenvalue weighted by atomic mass is 16.5. The van der Waals surface area contributed by atoms with Crippen LogP contribution in [0.1, 0.15) is 15.9 Å². The van der Waals surface area contributed by atoms with Gasteiger partial charge in [0.15, 0.2) is 0 Å². The van der Waals surface area contributed by atoms with Crippen molar-refractivity contribution in [2.75, 3.05) is 27.3 Å². The lowest BCUT2D eigenvalue weighted by Crippen LogP contribution is -2.31. The Labute approximate surface area is 135 Å². The first kappa shape index (κ1) is 16.8. The standard InChI is InChI=1S/C17H21N3O3/c1-22-15-4-3-14(16(11-15)23-2)12-19-9-10-20-17(21)13-5-7-18-8-6-13/h3-8,11,19H,9-10,12H2,1-2H3,(H,20,21). The lowest BCUT2D eigenvalue weighted by molar-refractivity contribution is 0.0954. The summed E-state index contributed by atoms with van der Waals surface area (Å²) < 4.78 is 10.5. The van der Waals surface area contributed by atoms with E-state index >= 15 is 0 Å². The number of pyridine rings is 1. The van der Waals surface area contributed by atoms with E-state index in [9.17, 15) is 4.79 Å². The van der Waals surface area contributed by atoms with Crippen LogP contribution in [0.4, 0.5) is 0 Å². The summed E-state index contributed by atoms with van der Waals surface area (Å²) in [6.45, 7) is 1.85. The molecule has 0 atom stereocenters. The Morgan fingerprint density at radius 1 is 1.09 bits per heavy atom. The van der Waals surface area contributed by atoms with E-state index in [1.54, 1.807) is 38.7 Å². The first-order valence-electron chi connectivity index (χ1n) is 7.34. The highest BCUT2D eigenvalue weighted by Crippen LogP contribution is 2.24. The van der Waals surface area contributed by atoms with Crippen LogP contribution >= 0.6 is 0 Å². The van der Waals surface area contributed by atoms with Gasteiger partial charge in [0.25, 0.3) is 5.91 Å². The Bertz CT molecular complexity index is 632. The largest absolute Gasteiger partial charge is 0.497 e. The van der Waals surface area contributed by atoms with Crippen LogP contribution in [-0.4, -0.2) is 38.2 Å². The number of nitrogens with one attached hydrogen (secondary N) is 2. The Kier molecular flexibility index (Phi) is 6.38. The number of methoxy groups -OCH3 is 2. The Morgan fingerprint density at radius 3 is 2.57 bits per heavy atom. The minimum Gasteiger partial charge on any atom is -0.497 e. The lowest BCUT2D eigenvalue weighted by Gasteiger charge is -2.11. The number of carbonyl (C=O) groups excluding carboxylic acids is 1. The van der Waals surface area contributed by atoms with Crippen LogP contribution in [0, 0.1) is 0 Å². The number of ether oxygens (including phenoxy) is 2. The van der Waals surface area contributed by atoms with Crippen LogP contribution in [0.2, 0.25) is 0 Å². The number of aromatic nitrogens is 1. The minimum atomic E-state index is -0.101. The molecule has 0 aliphatic carbocycles. The molecule has 6 nitrogen and oxygen atoms in total. The second-order valence-electron chi connectivity index (χ2n) is 4.85. The van der Waals surface area contributed by atoms with Gasteiger partial charge in [-0.15, -0.1) is 0 Å². The molecule has 1 amide bonds. The summed E-state index contributed by atoms with van der Waals surface area (Å²) in [4.78, 5) is 15.7. The summed E-state index contributed by atoms with van der Waals surface area (Å²) >= 11 is 0. The summed E-state index contributed by atoms with van der Waals surface area (Å²) in [7, 11) is 3.26. The smallest absolute Gasteiger partial charge is 0.251 e. The van der Waals surface area contributed by atoms with Gasteiger partial charge in [0.2, 0.25) is 0 Å². The number of rotatable bonds is 8. The second kappa shape index (κ2) is 8.75. The summed E-state index contributed by atoms with van der Waals surface area (Å²) in [5, 5.41) is 6.12. The number of amides is 1. The Hall–Kier alpha value is -2.60. The third-order valence-corrected chi connectivity index (χ3v) is 3.34. The van der Waals surface area contributed by atoms with E-state index in [4.69, 9.17) is 9.47 Å².